The van der Waals surface area contributed by atoms with Crippen LogP contribution in [0.25, 0.3) is 0 Å². The third kappa shape index (κ3) is 1.12. The van der Waals surface area contributed by atoms with Crippen LogP contribution in [0.5, 0.6) is 0 Å². The molecule has 1 N–H and O–H groups in total. The first-order valence-corrected chi connectivity index (χ1v) is 4.40. The molecule has 0 amide bonds. The molecule has 64 valence electrons. The molecule has 0 aliphatic carbocycles. The maximum atomic E-state index is 6.02. The Morgan fingerprint density at radius 2 is 2.33 bits per heavy atom. The van der Waals surface area contributed by atoms with E-state index < -0.39 is 0 Å². The molecule has 3 heteroatoms. The van der Waals surface area contributed by atoms with Gasteiger partial charge in [-0.05, 0) is 12.1 Å². The van der Waals surface area contributed by atoms with Crippen LogP contribution in [-0.4, -0.2) is 20.1 Å². The fourth-order valence-corrected chi connectivity index (χ4v) is 1.71. The van der Waals surface area contributed by atoms with E-state index in [9.17, 15) is 0 Å². The number of benzene rings is 1. The maximum absolute atomic E-state index is 6.02. The second-order valence-corrected chi connectivity index (χ2v) is 3.39. The van der Waals surface area contributed by atoms with Crippen LogP contribution in [-0.2, 0) is 0 Å². The Hall–Kier alpha value is -0.890. The molecule has 2 nitrogen and oxygen atoms in total. The molecule has 0 unspecified atom stereocenters. The zero-order chi connectivity index (χ0) is 8.55. The molecule has 0 radical (unpaired) electrons. The van der Waals surface area contributed by atoms with Crippen molar-refractivity contribution >= 4 is 23.0 Å². The van der Waals surface area contributed by atoms with Crippen LogP contribution in [0.4, 0.5) is 11.4 Å². The lowest BCUT2D eigenvalue weighted by molar-refractivity contribution is 0.887. The summed E-state index contributed by atoms with van der Waals surface area (Å²) in [5.74, 6) is 0. The smallest absolute Gasteiger partial charge is 0.0767 e. The molecule has 1 heterocycles. The summed E-state index contributed by atoms with van der Waals surface area (Å²) in [5, 5.41) is 4.09. The molecule has 1 aliphatic heterocycles. The van der Waals surface area contributed by atoms with E-state index in [1.807, 2.05) is 12.1 Å². The third-order valence-electron chi connectivity index (χ3n) is 2.15. The number of fused-ring (bicyclic) bond motifs is 1. The van der Waals surface area contributed by atoms with Crippen molar-refractivity contribution in [2.24, 2.45) is 0 Å². The van der Waals surface area contributed by atoms with Gasteiger partial charge in [0, 0.05) is 20.1 Å². The van der Waals surface area contributed by atoms with E-state index in [-0.39, 0.29) is 0 Å². The topological polar surface area (TPSA) is 15.3 Å². The van der Waals surface area contributed by atoms with Crippen molar-refractivity contribution in [1.29, 1.82) is 0 Å². The van der Waals surface area contributed by atoms with E-state index in [1.165, 1.54) is 5.69 Å². The molecule has 0 fully saturated rings. The summed E-state index contributed by atoms with van der Waals surface area (Å²) >= 11 is 6.02. The summed E-state index contributed by atoms with van der Waals surface area (Å²) in [7, 11) is 2.08. The minimum atomic E-state index is 0.805. The Balaban J connectivity index is 2.52. The minimum absolute atomic E-state index is 0.805. The summed E-state index contributed by atoms with van der Waals surface area (Å²) in [6.07, 6.45) is 0. The molecule has 0 bridgehead atoms. The van der Waals surface area contributed by atoms with Gasteiger partial charge in [0.15, 0.2) is 0 Å². The van der Waals surface area contributed by atoms with Crippen LogP contribution in [0.3, 0.4) is 0 Å². The first-order valence-electron chi connectivity index (χ1n) is 4.02. The van der Waals surface area contributed by atoms with Crippen molar-refractivity contribution in [3.8, 4) is 0 Å². The SMILES string of the molecule is CN1CCNc2c(Cl)cccc21. The largest absolute Gasteiger partial charge is 0.380 e. The Kier molecular flexibility index (Phi) is 1.85. The highest BCUT2D eigenvalue weighted by Gasteiger charge is 2.14. The van der Waals surface area contributed by atoms with Crippen LogP contribution in [0.1, 0.15) is 0 Å². The number of anilines is 2. The van der Waals surface area contributed by atoms with Gasteiger partial charge in [-0.15, -0.1) is 0 Å². The van der Waals surface area contributed by atoms with E-state index in [2.05, 4.69) is 23.3 Å². The Bertz CT molecular complexity index is 299. The second-order valence-electron chi connectivity index (χ2n) is 2.98. The second kappa shape index (κ2) is 2.87. The Labute approximate surface area is 77.1 Å². The predicted octanol–water partition coefficient (Wildman–Crippen LogP) is 2.20. The van der Waals surface area contributed by atoms with Gasteiger partial charge >= 0.3 is 0 Å². The average molecular weight is 183 g/mol. The van der Waals surface area contributed by atoms with Gasteiger partial charge in [0.2, 0.25) is 0 Å². The van der Waals surface area contributed by atoms with Gasteiger partial charge in [0.25, 0.3) is 0 Å². The normalized spacial score (nSPS) is 15.3. The zero-order valence-electron chi connectivity index (χ0n) is 6.97. The highest BCUT2D eigenvalue weighted by molar-refractivity contribution is 6.34. The van der Waals surface area contributed by atoms with Gasteiger partial charge in [-0.3, -0.25) is 0 Å². The Morgan fingerprint density at radius 1 is 1.50 bits per heavy atom. The van der Waals surface area contributed by atoms with Crippen molar-refractivity contribution in [2.45, 2.75) is 0 Å². The number of hydrogen-bond donors (Lipinski definition) is 1. The average Bonchev–Trinajstić information content (AvgIpc) is 2.07. The summed E-state index contributed by atoms with van der Waals surface area (Å²) in [6, 6.07) is 5.96. The molecule has 0 aromatic heterocycles. The van der Waals surface area contributed by atoms with Crippen LogP contribution in [0.15, 0.2) is 18.2 Å². The van der Waals surface area contributed by atoms with Crippen LogP contribution in [0.2, 0.25) is 5.02 Å². The third-order valence-corrected chi connectivity index (χ3v) is 2.47. The van der Waals surface area contributed by atoms with Gasteiger partial charge in [-0.1, -0.05) is 17.7 Å². The summed E-state index contributed by atoms with van der Waals surface area (Å²) < 4.78 is 0. The van der Waals surface area contributed by atoms with Crippen molar-refractivity contribution in [1.82, 2.24) is 0 Å². The van der Waals surface area contributed by atoms with Gasteiger partial charge in [-0.2, -0.15) is 0 Å². The van der Waals surface area contributed by atoms with Gasteiger partial charge in [-0.25, -0.2) is 0 Å². The summed E-state index contributed by atoms with van der Waals surface area (Å²) in [5.41, 5.74) is 2.25. The van der Waals surface area contributed by atoms with Crippen molar-refractivity contribution in [3.63, 3.8) is 0 Å². The van der Waals surface area contributed by atoms with E-state index in [0.29, 0.717) is 0 Å². The number of nitrogens with zero attached hydrogens (tertiary/aromatic N) is 1. The van der Waals surface area contributed by atoms with Crippen molar-refractivity contribution in [3.05, 3.63) is 23.2 Å². The molecule has 0 spiro atoms. The fourth-order valence-electron chi connectivity index (χ4n) is 1.47. The van der Waals surface area contributed by atoms with Crippen LogP contribution in [0, 0.1) is 0 Å². The van der Waals surface area contributed by atoms with Crippen LogP contribution >= 0.6 is 11.6 Å². The van der Waals surface area contributed by atoms with E-state index in [1.54, 1.807) is 0 Å². The maximum Gasteiger partial charge on any atom is 0.0767 e. The van der Waals surface area contributed by atoms with E-state index in [4.69, 9.17) is 11.6 Å². The van der Waals surface area contributed by atoms with Gasteiger partial charge in [0.1, 0.15) is 0 Å². The monoisotopic (exact) mass is 182 g/mol. The molecule has 1 aliphatic rings. The van der Waals surface area contributed by atoms with Crippen molar-refractivity contribution in [2.75, 3.05) is 30.4 Å². The molecule has 0 saturated heterocycles. The van der Waals surface area contributed by atoms with Crippen molar-refractivity contribution < 1.29 is 0 Å². The quantitative estimate of drug-likeness (QED) is 0.662. The number of hydrogen-bond acceptors (Lipinski definition) is 2. The lowest BCUT2D eigenvalue weighted by atomic mass is 10.2. The van der Waals surface area contributed by atoms with Gasteiger partial charge in [0.05, 0.1) is 16.4 Å². The predicted molar refractivity (Wildman–Crippen MR) is 53.2 cm³/mol. The highest BCUT2D eigenvalue weighted by Crippen LogP contribution is 2.34. The summed E-state index contributed by atoms with van der Waals surface area (Å²) in [4.78, 5) is 2.21. The Morgan fingerprint density at radius 3 is 3.08 bits per heavy atom. The molecule has 0 atom stereocenters. The van der Waals surface area contributed by atoms with Gasteiger partial charge < -0.3 is 10.2 Å². The lowest BCUT2D eigenvalue weighted by Crippen LogP contribution is -2.30. The van der Waals surface area contributed by atoms with E-state index in [0.717, 1.165) is 23.8 Å². The molecule has 12 heavy (non-hydrogen) atoms. The summed E-state index contributed by atoms with van der Waals surface area (Å²) in [6.45, 7) is 2.00. The van der Waals surface area contributed by atoms with Crippen LogP contribution < -0.4 is 10.2 Å². The molecule has 1 aromatic rings. The lowest BCUT2D eigenvalue weighted by Gasteiger charge is -2.28. The first kappa shape index (κ1) is 7.74. The molecule has 1 aromatic carbocycles. The fraction of sp³-hybridized carbons (Fsp3) is 0.333. The molecule has 0 saturated carbocycles. The first-order chi connectivity index (χ1) is 5.79. The van der Waals surface area contributed by atoms with E-state index >= 15 is 0 Å². The molecule has 2 rings (SSSR count). The molecular formula is C9H11ClN2. The number of likely N-dealkylation sites (N-methyl/N-ethyl adjacent to an activating group) is 1. The zero-order valence-corrected chi connectivity index (χ0v) is 7.73. The number of para-hydroxylation sites is 1. The standard InChI is InChI=1S/C9H11ClN2/c1-12-6-5-11-9-7(10)3-2-4-8(9)12/h2-4,11H,5-6H2,1H3. The highest BCUT2D eigenvalue weighted by atomic mass is 35.5. The molecular weight excluding hydrogens is 172 g/mol. The number of nitrogens with one attached hydrogen (secondary N) is 1. The number of halogens is 1. The number of rotatable bonds is 0. The minimum Gasteiger partial charge on any atom is -0.380 e.